The summed E-state index contributed by atoms with van der Waals surface area (Å²) in [5.74, 6) is 0. The van der Waals surface area contributed by atoms with Gasteiger partial charge in [0.1, 0.15) is 0 Å². The molecule has 0 atom stereocenters. The number of halogens is 1. The number of aromatic nitrogens is 1. The first-order valence-electron chi connectivity index (χ1n) is 5.25. The van der Waals surface area contributed by atoms with Crippen LogP contribution in [-0.2, 0) is 6.42 Å². The molecule has 0 unspecified atom stereocenters. The summed E-state index contributed by atoms with van der Waals surface area (Å²) >= 11 is 6.00. The Morgan fingerprint density at radius 3 is 2.76 bits per heavy atom. The van der Waals surface area contributed by atoms with Crippen LogP contribution >= 0.6 is 11.6 Å². The van der Waals surface area contributed by atoms with Gasteiger partial charge in [0, 0.05) is 30.2 Å². The average Bonchev–Trinajstić information content (AvgIpc) is 2.28. The predicted octanol–water partition coefficient (Wildman–Crippen LogP) is 3.02. The third-order valence-corrected chi connectivity index (χ3v) is 2.78. The molecule has 0 amide bonds. The molecule has 1 aromatic heterocycles. The predicted molar refractivity (Wildman–Crippen MR) is 70.4 cm³/mol. The zero-order valence-electron chi connectivity index (χ0n) is 9.74. The summed E-state index contributed by atoms with van der Waals surface area (Å²) in [6, 6.07) is 9.64. The second-order valence-corrected chi connectivity index (χ2v) is 4.46. The van der Waals surface area contributed by atoms with Crippen LogP contribution in [0.1, 0.15) is 5.69 Å². The average molecular weight is 246 g/mol. The molecule has 0 aliphatic carbocycles. The molecule has 0 bridgehead atoms. The van der Waals surface area contributed by atoms with Gasteiger partial charge in [-0.25, -0.2) is 0 Å². The molecule has 2 aromatic rings. The van der Waals surface area contributed by atoms with Gasteiger partial charge in [-0.1, -0.05) is 11.6 Å². The highest BCUT2D eigenvalue weighted by atomic mass is 35.5. The van der Waals surface area contributed by atoms with E-state index in [1.807, 2.05) is 43.3 Å². The summed E-state index contributed by atoms with van der Waals surface area (Å²) in [5.41, 5.74) is 2.68. The molecule has 0 spiro atoms. The van der Waals surface area contributed by atoms with Crippen LogP contribution in [0.25, 0.3) is 10.9 Å². The van der Waals surface area contributed by atoms with Gasteiger partial charge in [0.25, 0.3) is 0 Å². The maximum Gasteiger partial charge on any atom is 0.0775 e. The molecule has 4 heteroatoms. The molecule has 1 heterocycles. The molecule has 0 saturated heterocycles. The highest BCUT2D eigenvalue weighted by Gasteiger charge is 2.08. The summed E-state index contributed by atoms with van der Waals surface area (Å²) < 4.78 is 0. The zero-order chi connectivity index (χ0) is 12.4. The van der Waals surface area contributed by atoms with Gasteiger partial charge in [-0.3, -0.25) is 4.98 Å². The van der Waals surface area contributed by atoms with Crippen LogP contribution in [0.5, 0.6) is 0 Å². The van der Waals surface area contributed by atoms with Crippen molar-refractivity contribution in [2.45, 2.75) is 6.42 Å². The lowest BCUT2D eigenvalue weighted by Gasteiger charge is -2.16. The molecule has 1 aromatic carbocycles. The second-order valence-electron chi connectivity index (χ2n) is 4.02. The Balaban J connectivity index is 2.72. The van der Waals surface area contributed by atoms with Crippen molar-refractivity contribution in [2.75, 3.05) is 19.0 Å². The Hall–Kier alpha value is -1.79. The van der Waals surface area contributed by atoms with E-state index in [0.29, 0.717) is 11.4 Å². The van der Waals surface area contributed by atoms with Gasteiger partial charge >= 0.3 is 0 Å². The quantitative estimate of drug-likeness (QED) is 0.817. The highest BCUT2D eigenvalue weighted by Crippen LogP contribution is 2.28. The molecule has 0 radical (unpaired) electrons. The molecular formula is C13H12ClN3. The van der Waals surface area contributed by atoms with E-state index >= 15 is 0 Å². The number of pyridine rings is 1. The van der Waals surface area contributed by atoms with Crippen LogP contribution in [0.15, 0.2) is 24.3 Å². The van der Waals surface area contributed by atoms with Crippen LogP contribution in [0.2, 0.25) is 5.02 Å². The smallest absolute Gasteiger partial charge is 0.0775 e. The van der Waals surface area contributed by atoms with Crippen LogP contribution in [0, 0.1) is 11.3 Å². The first kappa shape index (κ1) is 11.7. The Kier molecular flexibility index (Phi) is 3.16. The molecular weight excluding hydrogens is 234 g/mol. The maximum absolute atomic E-state index is 8.74. The monoisotopic (exact) mass is 245 g/mol. The minimum atomic E-state index is 0.319. The first-order chi connectivity index (χ1) is 8.11. The zero-order valence-corrected chi connectivity index (χ0v) is 10.5. The van der Waals surface area contributed by atoms with Crippen molar-refractivity contribution in [1.29, 1.82) is 5.26 Å². The third-order valence-electron chi connectivity index (χ3n) is 2.54. The van der Waals surface area contributed by atoms with Gasteiger partial charge in [-0.15, -0.1) is 0 Å². The minimum absolute atomic E-state index is 0.319. The Bertz CT molecular complexity index is 599. The van der Waals surface area contributed by atoms with Crippen molar-refractivity contribution < 1.29 is 0 Å². The van der Waals surface area contributed by atoms with E-state index in [1.165, 1.54) is 0 Å². The van der Waals surface area contributed by atoms with Crippen molar-refractivity contribution in [3.8, 4) is 6.07 Å². The fourth-order valence-corrected chi connectivity index (χ4v) is 1.95. The van der Waals surface area contributed by atoms with Gasteiger partial charge < -0.3 is 4.90 Å². The second kappa shape index (κ2) is 4.60. The molecule has 0 N–H and O–H groups in total. The summed E-state index contributed by atoms with van der Waals surface area (Å²) in [5, 5.41) is 10.4. The molecule has 0 saturated carbocycles. The Morgan fingerprint density at radius 1 is 1.35 bits per heavy atom. The SMILES string of the molecule is CN(C)c1cc(CC#N)nc2ccc(Cl)cc12. The number of hydrogen-bond donors (Lipinski definition) is 0. The molecule has 86 valence electrons. The molecule has 3 nitrogen and oxygen atoms in total. The number of benzene rings is 1. The fraction of sp³-hybridized carbons (Fsp3) is 0.231. The normalized spacial score (nSPS) is 10.2. The van der Waals surface area contributed by atoms with Crippen molar-refractivity contribution >= 4 is 28.2 Å². The lowest BCUT2D eigenvalue weighted by Crippen LogP contribution is -2.10. The minimum Gasteiger partial charge on any atom is -0.377 e. The first-order valence-corrected chi connectivity index (χ1v) is 5.63. The number of rotatable bonds is 2. The molecule has 0 aliphatic heterocycles. The van der Waals surface area contributed by atoms with Gasteiger partial charge in [-0.05, 0) is 24.3 Å². The van der Waals surface area contributed by atoms with Crippen molar-refractivity contribution in [3.05, 3.63) is 35.0 Å². The Morgan fingerprint density at radius 2 is 2.12 bits per heavy atom. The summed E-state index contributed by atoms with van der Waals surface area (Å²) in [6.45, 7) is 0. The van der Waals surface area contributed by atoms with E-state index in [0.717, 1.165) is 22.3 Å². The van der Waals surface area contributed by atoms with Crippen molar-refractivity contribution in [1.82, 2.24) is 4.98 Å². The Labute approximate surface area is 105 Å². The molecule has 0 fully saturated rings. The molecule has 2 rings (SSSR count). The van der Waals surface area contributed by atoms with E-state index in [-0.39, 0.29) is 0 Å². The van der Waals surface area contributed by atoms with E-state index in [4.69, 9.17) is 16.9 Å². The van der Waals surface area contributed by atoms with E-state index in [9.17, 15) is 0 Å². The van der Waals surface area contributed by atoms with Crippen LogP contribution < -0.4 is 4.90 Å². The number of nitriles is 1. The lowest BCUT2D eigenvalue weighted by molar-refractivity contribution is 1.10. The molecule has 0 aliphatic rings. The number of anilines is 1. The summed E-state index contributed by atoms with van der Waals surface area (Å²) in [4.78, 5) is 6.44. The maximum atomic E-state index is 8.74. The largest absolute Gasteiger partial charge is 0.377 e. The van der Waals surface area contributed by atoms with Crippen LogP contribution in [-0.4, -0.2) is 19.1 Å². The van der Waals surface area contributed by atoms with E-state index in [2.05, 4.69) is 11.1 Å². The molecule has 17 heavy (non-hydrogen) atoms. The van der Waals surface area contributed by atoms with E-state index < -0.39 is 0 Å². The summed E-state index contributed by atoms with van der Waals surface area (Å²) in [7, 11) is 3.93. The standard InChI is InChI=1S/C13H12ClN3/c1-17(2)13-8-10(5-6-15)16-12-4-3-9(14)7-11(12)13/h3-4,7-8H,5H2,1-2H3. The van der Waals surface area contributed by atoms with Crippen LogP contribution in [0.3, 0.4) is 0 Å². The van der Waals surface area contributed by atoms with Crippen molar-refractivity contribution in [2.24, 2.45) is 0 Å². The van der Waals surface area contributed by atoms with Crippen LogP contribution in [0.4, 0.5) is 5.69 Å². The van der Waals surface area contributed by atoms with Gasteiger partial charge in [-0.2, -0.15) is 5.26 Å². The van der Waals surface area contributed by atoms with E-state index in [1.54, 1.807) is 0 Å². The van der Waals surface area contributed by atoms with Gasteiger partial charge in [0.05, 0.1) is 23.7 Å². The third kappa shape index (κ3) is 2.32. The number of hydrogen-bond acceptors (Lipinski definition) is 3. The number of fused-ring (bicyclic) bond motifs is 1. The summed E-state index contributed by atoms with van der Waals surface area (Å²) in [6.07, 6.45) is 0.319. The number of nitrogens with zero attached hydrogens (tertiary/aromatic N) is 3. The van der Waals surface area contributed by atoms with Crippen molar-refractivity contribution in [3.63, 3.8) is 0 Å². The fourth-order valence-electron chi connectivity index (χ4n) is 1.78. The van der Waals surface area contributed by atoms with Gasteiger partial charge in [0.2, 0.25) is 0 Å². The highest BCUT2D eigenvalue weighted by molar-refractivity contribution is 6.31. The topological polar surface area (TPSA) is 39.9 Å². The van der Waals surface area contributed by atoms with Gasteiger partial charge in [0.15, 0.2) is 0 Å². The lowest BCUT2D eigenvalue weighted by atomic mass is 10.1.